The van der Waals surface area contributed by atoms with E-state index in [1.165, 1.54) is 37.3 Å². The molecule has 0 saturated heterocycles. The van der Waals surface area contributed by atoms with Crippen molar-refractivity contribution in [2.24, 2.45) is 0 Å². The number of nitrogens with one attached hydrogen (secondary N) is 1. The van der Waals surface area contributed by atoms with E-state index in [1.54, 1.807) is 13.0 Å². The summed E-state index contributed by atoms with van der Waals surface area (Å²) in [4.78, 5) is 32.4. The van der Waals surface area contributed by atoms with Gasteiger partial charge >= 0.3 is 0 Å². The molecule has 0 aliphatic carbocycles. The van der Waals surface area contributed by atoms with Crippen LogP contribution in [-0.2, 0) is 11.2 Å². The number of aromatic nitrogens is 5. The molecule has 0 radical (unpaired) electrons. The van der Waals surface area contributed by atoms with E-state index in [0.29, 0.717) is 34.4 Å². The number of aryl methyl sites for hydroxylation is 1. The number of rotatable bonds is 7. The van der Waals surface area contributed by atoms with Crippen LogP contribution in [0, 0.1) is 12.7 Å². The summed E-state index contributed by atoms with van der Waals surface area (Å²) in [6.07, 6.45) is 5.69. The monoisotopic (exact) mass is 400 g/mol. The summed E-state index contributed by atoms with van der Waals surface area (Å²) in [5.74, 6) is 0.218. The van der Waals surface area contributed by atoms with Crippen LogP contribution in [0.5, 0.6) is 5.88 Å². The highest BCUT2D eigenvalue weighted by Crippen LogP contribution is 2.28. The molecule has 0 amide bonds. The number of ether oxygens (including phenoxy) is 1. The van der Waals surface area contributed by atoms with Crippen molar-refractivity contribution in [3.63, 3.8) is 0 Å². The highest BCUT2D eigenvalue weighted by atomic mass is 32.2. The van der Waals surface area contributed by atoms with E-state index in [1.807, 2.05) is 6.26 Å². The molecule has 3 aromatic rings. The van der Waals surface area contributed by atoms with E-state index in [4.69, 9.17) is 4.74 Å². The average molecular weight is 400 g/mol. The topological polar surface area (TPSA) is 103 Å². The Hall–Kier alpha value is -3.14. The predicted molar refractivity (Wildman–Crippen MR) is 103 cm³/mol. The van der Waals surface area contributed by atoms with Gasteiger partial charge in [0.25, 0.3) is 0 Å². The number of pyridine rings is 1. The zero-order valence-corrected chi connectivity index (χ0v) is 16.2. The maximum Gasteiger partial charge on any atom is 0.250 e. The van der Waals surface area contributed by atoms with E-state index in [-0.39, 0.29) is 12.3 Å². The van der Waals surface area contributed by atoms with Gasteiger partial charge in [-0.15, -0.1) is 11.8 Å². The third-order valence-electron chi connectivity index (χ3n) is 3.64. The number of hydrogen-bond donors (Lipinski definition) is 1. The Morgan fingerprint density at radius 2 is 2.04 bits per heavy atom. The molecule has 28 heavy (non-hydrogen) atoms. The molecule has 10 heteroatoms. The molecule has 0 aromatic carbocycles. The first-order valence-corrected chi connectivity index (χ1v) is 9.42. The number of nitrogens with zero attached hydrogens (tertiary/aromatic N) is 5. The summed E-state index contributed by atoms with van der Waals surface area (Å²) in [6, 6.07) is 3.03. The minimum atomic E-state index is -0.609. The first-order chi connectivity index (χ1) is 13.5. The summed E-state index contributed by atoms with van der Waals surface area (Å²) in [5.41, 5.74) is 1.84. The maximum atomic E-state index is 14.0. The molecule has 0 unspecified atom stereocenters. The molecule has 1 N–H and O–H groups in total. The van der Waals surface area contributed by atoms with Gasteiger partial charge in [-0.3, -0.25) is 0 Å². The van der Waals surface area contributed by atoms with Crippen LogP contribution < -0.4 is 10.1 Å². The number of thioether (sulfide) groups is 1. The zero-order chi connectivity index (χ0) is 20.1. The van der Waals surface area contributed by atoms with E-state index in [0.717, 1.165) is 11.3 Å². The average Bonchev–Trinajstić information content (AvgIpc) is 2.69. The Labute approximate surface area is 165 Å². The minimum Gasteiger partial charge on any atom is -0.479 e. The predicted octanol–water partition coefficient (Wildman–Crippen LogP) is 2.99. The number of carbonyl (C=O) groups excluding carboxylic acids is 1. The number of aldehydes is 1. The zero-order valence-electron chi connectivity index (χ0n) is 15.4. The second-order valence-corrected chi connectivity index (χ2v) is 6.44. The molecule has 0 aliphatic heterocycles. The number of carbonyl (C=O) groups is 1. The number of hydrogen-bond acceptors (Lipinski definition) is 9. The molecule has 0 aliphatic rings. The van der Waals surface area contributed by atoms with E-state index in [2.05, 4.69) is 30.2 Å². The maximum absolute atomic E-state index is 14.0. The number of methoxy groups -OCH3 is 1. The summed E-state index contributed by atoms with van der Waals surface area (Å²) in [6.45, 7) is 1.78. The molecule has 144 valence electrons. The van der Waals surface area contributed by atoms with Crippen molar-refractivity contribution in [3.8, 4) is 17.3 Å². The van der Waals surface area contributed by atoms with Crippen LogP contribution in [0.2, 0.25) is 0 Å². The van der Waals surface area contributed by atoms with Crippen LogP contribution in [0.3, 0.4) is 0 Å². The summed E-state index contributed by atoms with van der Waals surface area (Å²) < 4.78 is 18.8. The fourth-order valence-electron chi connectivity index (χ4n) is 2.43. The van der Waals surface area contributed by atoms with Crippen molar-refractivity contribution in [2.75, 3.05) is 18.7 Å². The first kappa shape index (κ1) is 19.6. The quantitative estimate of drug-likeness (QED) is 0.364. The minimum absolute atomic E-state index is 0.103. The standard InChI is InChI=1S/C18H17FN6O2S/c1-10-22-14(7-15(23-10)28-3)16-17(20-8-11(24-16)4-5-26)25-12-6-13(19)18(27-2)21-9-12/h5-9H,4H2,1-3H3,(H,20,25). The van der Waals surface area contributed by atoms with E-state index in [9.17, 15) is 9.18 Å². The molecular weight excluding hydrogens is 383 g/mol. The van der Waals surface area contributed by atoms with Gasteiger partial charge in [0, 0.05) is 12.5 Å². The third-order valence-corrected chi connectivity index (χ3v) is 4.27. The lowest BCUT2D eigenvalue weighted by molar-refractivity contribution is -0.107. The molecule has 0 saturated carbocycles. The Kier molecular flexibility index (Phi) is 6.09. The molecule has 0 atom stereocenters. The van der Waals surface area contributed by atoms with Gasteiger partial charge in [0.05, 0.1) is 36.6 Å². The lowest BCUT2D eigenvalue weighted by Gasteiger charge is -2.12. The fourth-order valence-corrected chi connectivity index (χ4v) is 2.88. The van der Waals surface area contributed by atoms with Gasteiger partial charge in [-0.25, -0.2) is 29.3 Å². The summed E-state index contributed by atoms with van der Waals surface area (Å²) in [5, 5.41) is 3.77. The molecule has 0 fully saturated rings. The van der Waals surface area contributed by atoms with Gasteiger partial charge in [0.15, 0.2) is 11.6 Å². The Balaban J connectivity index is 2.07. The molecule has 3 heterocycles. The van der Waals surface area contributed by atoms with Crippen LogP contribution >= 0.6 is 11.8 Å². The van der Waals surface area contributed by atoms with Gasteiger partial charge in [-0.2, -0.15) is 0 Å². The van der Waals surface area contributed by atoms with Crippen molar-refractivity contribution in [2.45, 2.75) is 18.4 Å². The normalized spacial score (nSPS) is 10.6. The number of anilines is 2. The van der Waals surface area contributed by atoms with Crippen LogP contribution in [0.1, 0.15) is 11.5 Å². The summed E-state index contributed by atoms with van der Waals surface area (Å²) >= 11 is 1.47. The van der Waals surface area contributed by atoms with Crippen LogP contribution in [-0.4, -0.2) is 44.6 Å². The first-order valence-electron chi connectivity index (χ1n) is 8.20. The molecule has 3 rings (SSSR count). The highest BCUT2D eigenvalue weighted by molar-refractivity contribution is 7.98. The van der Waals surface area contributed by atoms with E-state index >= 15 is 0 Å². The SMILES string of the molecule is COc1ncc(Nc2ncc(CC=O)nc2-c2cc(SC)nc(C)n2)cc1F. The van der Waals surface area contributed by atoms with Gasteiger partial charge < -0.3 is 14.8 Å². The largest absolute Gasteiger partial charge is 0.479 e. The van der Waals surface area contributed by atoms with Crippen LogP contribution in [0.25, 0.3) is 11.4 Å². The Bertz CT molecular complexity index is 1020. The Morgan fingerprint density at radius 3 is 2.71 bits per heavy atom. The summed E-state index contributed by atoms with van der Waals surface area (Å²) in [7, 11) is 1.34. The third kappa shape index (κ3) is 4.39. The fraction of sp³-hybridized carbons (Fsp3) is 0.222. The van der Waals surface area contributed by atoms with Crippen molar-refractivity contribution in [1.82, 2.24) is 24.9 Å². The smallest absolute Gasteiger partial charge is 0.250 e. The lowest BCUT2D eigenvalue weighted by Crippen LogP contribution is -2.05. The molecule has 0 spiro atoms. The second-order valence-electron chi connectivity index (χ2n) is 5.61. The van der Waals surface area contributed by atoms with Gasteiger partial charge in [-0.05, 0) is 19.2 Å². The van der Waals surface area contributed by atoms with Crippen molar-refractivity contribution < 1.29 is 13.9 Å². The van der Waals surface area contributed by atoms with Crippen LogP contribution in [0.15, 0.2) is 29.6 Å². The second kappa shape index (κ2) is 8.70. The lowest BCUT2D eigenvalue weighted by atomic mass is 10.2. The van der Waals surface area contributed by atoms with Crippen molar-refractivity contribution in [3.05, 3.63) is 41.9 Å². The number of halogens is 1. The molecule has 0 bridgehead atoms. The molecular formula is C18H17FN6O2S. The van der Waals surface area contributed by atoms with Gasteiger partial charge in [-0.1, -0.05) is 0 Å². The Morgan fingerprint density at radius 1 is 1.21 bits per heavy atom. The van der Waals surface area contributed by atoms with Crippen molar-refractivity contribution >= 4 is 29.6 Å². The van der Waals surface area contributed by atoms with E-state index < -0.39 is 5.82 Å². The molecule has 3 aromatic heterocycles. The van der Waals surface area contributed by atoms with Gasteiger partial charge in [0.2, 0.25) is 5.88 Å². The highest BCUT2D eigenvalue weighted by Gasteiger charge is 2.15. The molecule has 8 nitrogen and oxygen atoms in total. The van der Waals surface area contributed by atoms with Gasteiger partial charge in [0.1, 0.15) is 22.8 Å². The van der Waals surface area contributed by atoms with Crippen molar-refractivity contribution in [1.29, 1.82) is 0 Å². The van der Waals surface area contributed by atoms with Crippen LogP contribution in [0.4, 0.5) is 15.9 Å².